The Kier molecular flexibility index (Phi) is 0.801. The van der Waals surface area contributed by atoms with Gasteiger partial charge in [-0.1, -0.05) is 11.8 Å². The number of rotatable bonds is 0. The van der Waals surface area contributed by atoms with Gasteiger partial charge in [0.25, 0.3) is 0 Å². The SMILES string of the molecule is [O-]c1ccsc1. The maximum atomic E-state index is 10.1. The van der Waals surface area contributed by atoms with E-state index < -0.39 is 0 Å². The summed E-state index contributed by atoms with van der Waals surface area (Å²) >= 11 is 1.43. The lowest BCUT2D eigenvalue weighted by molar-refractivity contribution is -0.267. The van der Waals surface area contributed by atoms with E-state index in [0.717, 1.165) is 0 Å². The number of thiophene rings is 1. The summed E-state index contributed by atoms with van der Waals surface area (Å²) < 4.78 is 0. The molecule has 0 atom stereocenters. The smallest absolute Gasteiger partial charge is 0.00997 e. The predicted octanol–water partition coefficient (Wildman–Crippen LogP) is 0.822. The zero-order chi connectivity index (χ0) is 4.41. The first-order chi connectivity index (χ1) is 2.89. The third-order valence-corrected chi connectivity index (χ3v) is 1.16. The summed E-state index contributed by atoms with van der Waals surface area (Å²) in [7, 11) is 0. The molecule has 0 aliphatic heterocycles. The van der Waals surface area contributed by atoms with Gasteiger partial charge in [-0.2, -0.15) is 11.3 Å². The van der Waals surface area contributed by atoms with Gasteiger partial charge in [0.15, 0.2) is 0 Å². The normalized spacial score (nSPS) is 8.67. The number of hydrogen-bond donors (Lipinski definition) is 0. The first-order valence-corrected chi connectivity index (χ1v) is 2.53. The van der Waals surface area contributed by atoms with Crippen molar-refractivity contribution >= 4 is 11.3 Å². The van der Waals surface area contributed by atoms with Crippen LogP contribution >= 0.6 is 11.3 Å². The van der Waals surface area contributed by atoms with Gasteiger partial charge in [0.05, 0.1) is 0 Å². The molecule has 32 valence electrons. The molecule has 0 amide bonds. The van der Waals surface area contributed by atoms with Crippen molar-refractivity contribution in [3.05, 3.63) is 16.8 Å². The van der Waals surface area contributed by atoms with Crippen molar-refractivity contribution in [2.24, 2.45) is 0 Å². The van der Waals surface area contributed by atoms with Crippen LogP contribution in [0.1, 0.15) is 0 Å². The summed E-state index contributed by atoms with van der Waals surface area (Å²) in [5.41, 5.74) is 0. The van der Waals surface area contributed by atoms with Gasteiger partial charge in [-0.25, -0.2) is 0 Å². The Balaban J connectivity index is 3.05. The third kappa shape index (κ3) is 0.518. The van der Waals surface area contributed by atoms with E-state index in [-0.39, 0.29) is 5.75 Å². The standard InChI is InChI=1S/C4H4OS/c5-4-1-2-6-3-4/h1-3,5H/p-1. The summed E-state index contributed by atoms with van der Waals surface area (Å²) in [5.74, 6) is 0.111. The zero-order valence-corrected chi connectivity index (χ0v) is 3.87. The van der Waals surface area contributed by atoms with E-state index in [4.69, 9.17) is 0 Å². The highest BCUT2D eigenvalue weighted by Crippen LogP contribution is 2.06. The predicted molar refractivity (Wildman–Crippen MR) is 23.8 cm³/mol. The van der Waals surface area contributed by atoms with Gasteiger partial charge in [0.1, 0.15) is 0 Å². The summed E-state index contributed by atoms with van der Waals surface area (Å²) in [6, 6.07) is 1.55. The molecule has 0 N–H and O–H groups in total. The van der Waals surface area contributed by atoms with Gasteiger partial charge in [-0.05, 0) is 10.8 Å². The molecule has 1 heterocycles. The van der Waals surface area contributed by atoms with E-state index in [0.29, 0.717) is 0 Å². The molecule has 1 rings (SSSR count). The van der Waals surface area contributed by atoms with Gasteiger partial charge in [-0.15, -0.1) is 0 Å². The fraction of sp³-hybridized carbons (Fsp3) is 0. The molecule has 1 aromatic heterocycles. The summed E-state index contributed by atoms with van der Waals surface area (Å²) in [6.07, 6.45) is 0. The van der Waals surface area contributed by atoms with Crippen LogP contribution < -0.4 is 5.11 Å². The minimum absolute atomic E-state index is 0.111. The largest absolute Gasteiger partial charge is 0.872 e. The summed E-state index contributed by atoms with van der Waals surface area (Å²) in [5, 5.41) is 13.4. The minimum Gasteiger partial charge on any atom is -0.872 e. The lowest BCUT2D eigenvalue weighted by Crippen LogP contribution is -1.81. The van der Waals surface area contributed by atoms with Crippen LogP contribution in [-0.2, 0) is 0 Å². The van der Waals surface area contributed by atoms with Crippen molar-refractivity contribution in [1.82, 2.24) is 0 Å². The quantitative estimate of drug-likeness (QED) is 0.472. The Morgan fingerprint density at radius 1 is 1.67 bits per heavy atom. The molecule has 0 spiro atoms. The second kappa shape index (κ2) is 1.30. The minimum atomic E-state index is 0.111. The van der Waals surface area contributed by atoms with Crippen LogP contribution in [0.2, 0.25) is 0 Å². The van der Waals surface area contributed by atoms with Crippen LogP contribution in [-0.4, -0.2) is 0 Å². The molecule has 0 aromatic carbocycles. The third-order valence-electron chi connectivity index (χ3n) is 0.495. The second-order valence-electron chi connectivity index (χ2n) is 0.959. The topological polar surface area (TPSA) is 23.1 Å². The first-order valence-electron chi connectivity index (χ1n) is 1.59. The van der Waals surface area contributed by atoms with E-state index in [1.54, 1.807) is 16.8 Å². The van der Waals surface area contributed by atoms with Crippen LogP contribution in [0.5, 0.6) is 5.75 Å². The lowest BCUT2D eigenvalue weighted by Gasteiger charge is -1.90. The summed E-state index contributed by atoms with van der Waals surface area (Å²) in [4.78, 5) is 0. The van der Waals surface area contributed by atoms with Crippen LogP contribution in [0, 0.1) is 0 Å². The average Bonchev–Trinajstić information content (AvgIpc) is 1.86. The molecule has 1 aromatic rings. The Morgan fingerprint density at radius 2 is 2.50 bits per heavy atom. The van der Waals surface area contributed by atoms with Gasteiger partial charge >= 0.3 is 0 Å². The molecule has 0 aliphatic carbocycles. The van der Waals surface area contributed by atoms with E-state index in [1.807, 2.05) is 0 Å². The molecular formula is C4H3OS-. The fourth-order valence-electron chi connectivity index (χ4n) is 0.252. The molecule has 2 heteroatoms. The molecule has 0 fully saturated rings. The highest BCUT2D eigenvalue weighted by molar-refractivity contribution is 7.08. The van der Waals surface area contributed by atoms with Crippen LogP contribution in [0.3, 0.4) is 0 Å². The van der Waals surface area contributed by atoms with E-state index in [2.05, 4.69) is 0 Å². The fourth-order valence-corrected chi connectivity index (χ4v) is 0.756. The molecule has 6 heavy (non-hydrogen) atoms. The van der Waals surface area contributed by atoms with Crippen LogP contribution in [0.25, 0.3) is 0 Å². The molecular weight excluding hydrogens is 96.1 g/mol. The van der Waals surface area contributed by atoms with Crippen molar-refractivity contribution in [3.8, 4) is 5.75 Å². The molecule has 0 bridgehead atoms. The van der Waals surface area contributed by atoms with Gasteiger partial charge < -0.3 is 5.11 Å². The van der Waals surface area contributed by atoms with Crippen LogP contribution in [0.15, 0.2) is 16.8 Å². The van der Waals surface area contributed by atoms with E-state index in [1.165, 1.54) is 11.3 Å². The Morgan fingerprint density at radius 3 is 2.67 bits per heavy atom. The molecule has 0 aliphatic rings. The Bertz CT molecular complexity index is 111. The zero-order valence-electron chi connectivity index (χ0n) is 3.05. The van der Waals surface area contributed by atoms with Gasteiger partial charge in [0, 0.05) is 0 Å². The van der Waals surface area contributed by atoms with Gasteiger partial charge in [0.2, 0.25) is 0 Å². The van der Waals surface area contributed by atoms with Crippen molar-refractivity contribution in [1.29, 1.82) is 0 Å². The first kappa shape index (κ1) is 3.68. The van der Waals surface area contributed by atoms with Crippen molar-refractivity contribution in [3.63, 3.8) is 0 Å². The maximum Gasteiger partial charge on any atom is -0.00997 e. The highest BCUT2D eigenvalue weighted by Gasteiger charge is 1.66. The number of hydrogen-bond acceptors (Lipinski definition) is 2. The van der Waals surface area contributed by atoms with E-state index in [9.17, 15) is 5.11 Å². The molecule has 0 unspecified atom stereocenters. The van der Waals surface area contributed by atoms with Crippen molar-refractivity contribution < 1.29 is 5.11 Å². The molecule has 0 saturated heterocycles. The monoisotopic (exact) mass is 99.0 g/mol. The van der Waals surface area contributed by atoms with Crippen molar-refractivity contribution in [2.75, 3.05) is 0 Å². The average molecular weight is 99.1 g/mol. The highest BCUT2D eigenvalue weighted by atomic mass is 32.1. The second-order valence-corrected chi connectivity index (χ2v) is 1.74. The molecule has 0 radical (unpaired) electrons. The lowest BCUT2D eigenvalue weighted by atomic mass is 10.6. The van der Waals surface area contributed by atoms with E-state index >= 15 is 0 Å². The van der Waals surface area contributed by atoms with Crippen LogP contribution in [0.4, 0.5) is 0 Å². The maximum absolute atomic E-state index is 10.1. The summed E-state index contributed by atoms with van der Waals surface area (Å²) in [6.45, 7) is 0. The van der Waals surface area contributed by atoms with Crippen molar-refractivity contribution in [2.45, 2.75) is 0 Å². The Labute approximate surface area is 39.9 Å². The van der Waals surface area contributed by atoms with Gasteiger partial charge in [-0.3, -0.25) is 0 Å². The molecule has 0 saturated carbocycles. The molecule has 1 nitrogen and oxygen atoms in total. The Hall–Kier alpha value is -0.500.